The molecule has 3 rings (SSSR count). The lowest BCUT2D eigenvalue weighted by Gasteiger charge is -1.96. The zero-order valence-corrected chi connectivity index (χ0v) is 15.6. The van der Waals surface area contributed by atoms with Gasteiger partial charge in [-0.25, -0.2) is 4.98 Å². The minimum Gasteiger partial charge on any atom is -0.497 e. The van der Waals surface area contributed by atoms with Gasteiger partial charge in [-0.1, -0.05) is 41.5 Å². The van der Waals surface area contributed by atoms with Gasteiger partial charge in [-0.15, -0.1) is 0 Å². The maximum atomic E-state index is 5.18. The zero-order chi connectivity index (χ0) is 17.8. The van der Waals surface area contributed by atoms with Crippen molar-refractivity contribution in [3.8, 4) is 17.3 Å². The van der Waals surface area contributed by atoms with Gasteiger partial charge in [0.1, 0.15) is 11.4 Å². The standard InChI is InChI=1S/C12H12N4O.3C2H6/c1-7-6-13-16-11(7)12-14-9-4-3-8(17-2)5-10(9)15-12;3*1-2/h3-6H,1-2H3,(H,13,16)(H,14,15);3*1-2H3. The Hall–Kier alpha value is -2.30. The second-order valence-corrected chi connectivity index (χ2v) is 3.90. The minimum atomic E-state index is 0.795. The van der Waals surface area contributed by atoms with Crippen molar-refractivity contribution >= 4 is 11.0 Å². The summed E-state index contributed by atoms with van der Waals surface area (Å²) in [6.45, 7) is 14.0. The van der Waals surface area contributed by atoms with E-state index in [1.54, 1.807) is 13.3 Å². The molecule has 128 valence electrons. The molecule has 5 nitrogen and oxygen atoms in total. The number of nitrogens with zero attached hydrogens (tertiary/aromatic N) is 2. The van der Waals surface area contributed by atoms with E-state index in [0.717, 1.165) is 33.9 Å². The quantitative estimate of drug-likeness (QED) is 0.669. The summed E-state index contributed by atoms with van der Waals surface area (Å²) in [5.41, 5.74) is 3.85. The Kier molecular flexibility index (Phi) is 10.2. The summed E-state index contributed by atoms with van der Waals surface area (Å²) in [4.78, 5) is 7.76. The molecule has 0 radical (unpaired) electrons. The van der Waals surface area contributed by atoms with Gasteiger partial charge >= 0.3 is 0 Å². The van der Waals surface area contributed by atoms with Gasteiger partial charge in [0, 0.05) is 6.07 Å². The summed E-state index contributed by atoms with van der Waals surface area (Å²) >= 11 is 0. The van der Waals surface area contributed by atoms with Gasteiger partial charge in [-0.05, 0) is 24.6 Å². The summed E-state index contributed by atoms with van der Waals surface area (Å²) in [6.07, 6.45) is 1.78. The fourth-order valence-corrected chi connectivity index (χ4v) is 1.82. The van der Waals surface area contributed by atoms with Crippen molar-refractivity contribution in [3.63, 3.8) is 0 Å². The van der Waals surface area contributed by atoms with Crippen LogP contribution in [0.4, 0.5) is 0 Å². The summed E-state index contributed by atoms with van der Waals surface area (Å²) in [5.74, 6) is 1.61. The third-order valence-electron chi connectivity index (χ3n) is 2.75. The molecular formula is C18H30N4O. The Morgan fingerprint density at radius 3 is 2.17 bits per heavy atom. The highest BCUT2D eigenvalue weighted by Gasteiger charge is 2.09. The molecule has 0 unspecified atom stereocenters. The van der Waals surface area contributed by atoms with E-state index < -0.39 is 0 Å². The number of hydrogen-bond acceptors (Lipinski definition) is 3. The molecule has 0 bridgehead atoms. The number of aryl methyl sites for hydroxylation is 1. The third kappa shape index (κ3) is 5.13. The van der Waals surface area contributed by atoms with Crippen LogP contribution in [0, 0.1) is 6.92 Å². The van der Waals surface area contributed by atoms with Crippen LogP contribution in [0.3, 0.4) is 0 Å². The van der Waals surface area contributed by atoms with E-state index in [1.807, 2.05) is 66.7 Å². The van der Waals surface area contributed by atoms with Crippen molar-refractivity contribution in [3.05, 3.63) is 30.0 Å². The molecule has 2 N–H and O–H groups in total. The number of nitrogens with one attached hydrogen (secondary N) is 2. The Labute approximate surface area is 139 Å². The van der Waals surface area contributed by atoms with E-state index in [1.165, 1.54) is 0 Å². The second kappa shape index (κ2) is 11.3. The van der Waals surface area contributed by atoms with Crippen LogP contribution in [0.25, 0.3) is 22.6 Å². The third-order valence-corrected chi connectivity index (χ3v) is 2.75. The molecule has 0 fully saturated rings. The summed E-state index contributed by atoms with van der Waals surface area (Å²) in [5, 5.41) is 6.93. The number of hydrogen-bond donors (Lipinski definition) is 2. The molecular weight excluding hydrogens is 288 g/mol. The van der Waals surface area contributed by atoms with Crippen molar-refractivity contribution < 1.29 is 4.74 Å². The predicted octanol–water partition coefficient (Wildman–Crippen LogP) is 5.35. The van der Waals surface area contributed by atoms with Crippen molar-refractivity contribution in [1.29, 1.82) is 0 Å². The van der Waals surface area contributed by atoms with Gasteiger partial charge in [0.15, 0.2) is 5.82 Å². The van der Waals surface area contributed by atoms with Crippen LogP contribution in [0.2, 0.25) is 0 Å². The molecule has 0 saturated carbocycles. The van der Waals surface area contributed by atoms with E-state index in [2.05, 4.69) is 20.2 Å². The molecule has 5 heteroatoms. The molecule has 0 aliphatic rings. The van der Waals surface area contributed by atoms with E-state index in [4.69, 9.17) is 4.74 Å². The maximum Gasteiger partial charge on any atom is 0.156 e. The van der Waals surface area contributed by atoms with Crippen LogP contribution in [-0.4, -0.2) is 27.3 Å². The number of imidazole rings is 1. The summed E-state index contributed by atoms with van der Waals surface area (Å²) in [6, 6.07) is 5.75. The van der Waals surface area contributed by atoms with Crippen LogP contribution >= 0.6 is 0 Å². The number of ether oxygens (including phenoxy) is 1. The number of fused-ring (bicyclic) bond motifs is 1. The molecule has 0 amide bonds. The lowest BCUT2D eigenvalue weighted by atomic mass is 10.3. The highest BCUT2D eigenvalue weighted by Crippen LogP contribution is 2.23. The molecule has 3 aromatic rings. The molecule has 2 aromatic heterocycles. The highest BCUT2D eigenvalue weighted by atomic mass is 16.5. The van der Waals surface area contributed by atoms with Gasteiger partial charge in [0.25, 0.3) is 0 Å². The first kappa shape index (κ1) is 20.7. The van der Waals surface area contributed by atoms with Gasteiger partial charge < -0.3 is 9.72 Å². The first-order valence-electron chi connectivity index (χ1n) is 8.32. The van der Waals surface area contributed by atoms with Gasteiger partial charge in [-0.3, -0.25) is 5.10 Å². The number of H-pyrrole nitrogens is 2. The van der Waals surface area contributed by atoms with Gasteiger partial charge in [0.2, 0.25) is 0 Å². The largest absolute Gasteiger partial charge is 0.497 e. The monoisotopic (exact) mass is 318 g/mol. The zero-order valence-electron chi connectivity index (χ0n) is 15.6. The molecule has 2 heterocycles. The lowest BCUT2D eigenvalue weighted by molar-refractivity contribution is 0.415. The molecule has 1 aromatic carbocycles. The van der Waals surface area contributed by atoms with Crippen LogP contribution in [0.5, 0.6) is 5.75 Å². The van der Waals surface area contributed by atoms with E-state index in [0.29, 0.717) is 0 Å². The van der Waals surface area contributed by atoms with Crippen LogP contribution < -0.4 is 4.74 Å². The topological polar surface area (TPSA) is 66.6 Å². The smallest absolute Gasteiger partial charge is 0.156 e. The molecule has 0 spiro atoms. The van der Waals surface area contributed by atoms with Gasteiger partial charge in [0.05, 0.1) is 24.3 Å². The van der Waals surface area contributed by atoms with E-state index >= 15 is 0 Å². The van der Waals surface area contributed by atoms with Crippen molar-refractivity contribution in [1.82, 2.24) is 20.2 Å². The normalized spacial score (nSPS) is 8.87. The molecule has 0 saturated heterocycles. The number of rotatable bonds is 2. The van der Waals surface area contributed by atoms with Crippen molar-refractivity contribution in [2.45, 2.75) is 48.5 Å². The minimum absolute atomic E-state index is 0.795. The fraction of sp³-hybridized carbons (Fsp3) is 0.444. The lowest BCUT2D eigenvalue weighted by Crippen LogP contribution is -1.82. The van der Waals surface area contributed by atoms with Gasteiger partial charge in [-0.2, -0.15) is 5.10 Å². The maximum absolute atomic E-state index is 5.18. The summed E-state index contributed by atoms with van der Waals surface area (Å²) in [7, 11) is 1.65. The predicted molar refractivity (Wildman–Crippen MR) is 99.0 cm³/mol. The molecule has 0 atom stereocenters. The average Bonchev–Trinajstić information content (AvgIpc) is 3.25. The number of methoxy groups -OCH3 is 1. The Bertz CT molecular complexity index is 671. The second-order valence-electron chi connectivity index (χ2n) is 3.90. The van der Waals surface area contributed by atoms with E-state index in [9.17, 15) is 0 Å². The number of aromatic nitrogens is 4. The van der Waals surface area contributed by atoms with Crippen molar-refractivity contribution in [2.75, 3.05) is 7.11 Å². The summed E-state index contributed by atoms with van der Waals surface area (Å²) < 4.78 is 5.18. The van der Waals surface area contributed by atoms with E-state index in [-0.39, 0.29) is 0 Å². The molecule has 23 heavy (non-hydrogen) atoms. The Morgan fingerprint density at radius 1 is 1.00 bits per heavy atom. The first-order valence-corrected chi connectivity index (χ1v) is 8.32. The number of benzene rings is 1. The highest BCUT2D eigenvalue weighted by molar-refractivity contribution is 5.80. The van der Waals surface area contributed by atoms with Crippen LogP contribution in [0.1, 0.15) is 47.1 Å². The average molecular weight is 318 g/mol. The van der Waals surface area contributed by atoms with Crippen molar-refractivity contribution in [2.24, 2.45) is 0 Å². The SMILES string of the molecule is CC.CC.CC.COc1ccc2nc(-c3[nH]ncc3C)[nH]c2c1. The molecule has 0 aliphatic heterocycles. The van der Waals surface area contributed by atoms with Crippen LogP contribution in [-0.2, 0) is 0 Å². The first-order chi connectivity index (χ1) is 11.3. The fourth-order valence-electron chi connectivity index (χ4n) is 1.82. The Morgan fingerprint density at radius 2 is 1.65 bits per heavy atom. The number of aromatic amines is 2. The Balaban J connectivity index is 0.000000728. The van der Waals surface area contributed by atoms with Crippen LogP contribution in [0.15, 0.2) is 24.4 Å². The molecule has 0 aliphatic carbocycles.